The van der Waals surface area contributed by atoms with Crippen molar-refractivity contribution in [2.75, 3.05) is 26.8 Å². The molecule has 4 aromatic rings. The number of methoxy groups -OCH3 is 1. The number of nitrogens with zero attached hydrogens (tertiary/aromatic N) is 2. The maximum absolute atomic E-state index is 13.8. The molecule has 7 rings (SSSR count). The molecule has 10 nitrogen and oxygen atoms in total. The minimum absolute atomic E-state index is 0.0169. The van der Waals surface area contributed by atoms with Crippen molar-refractivity contribution in [3.63, 3.8) is 0 Å². The van der Waals surface area contributed by atoms with Crippen molar-refractivity contribution >= 4 is 17.7 Å². The number of likely N-dealkylation sites (tertiary alicyclic amines) is 1. The number of benzene rings is 3. The van der Waals surface area contributed by atoms with Crippen molar-refractivity contribution in [3.8, 4) is 28.4 Å². The summed E-state index contributed by atoms with van der Waals surface area (Å²) >= 11 is 0. The van der Waals surface area contributed by atoms with E-state index in [1.54, 1.807) is 48.7 Å². The van der Waals surface area contributed by atoms with Gasteiger partial charge >= 0.3 is 0 Å². The fraction of sp³-hybridized carbons (Fsp3) is 0.278. The monoisotopic (exact) mass is 620 g/mol. The summed E-state index contributed by atoms with van der Waals surface area (Å²) in [5.74, 6) is 1.21. The van der Waals surface area contributed by atoms with Gasteiger partial charge in [-0.3, -0.25) is 19.4 Å². The van der Waals surface area contributed by atoms with Gasteiger partial charge in [-0.25, -0.2) is 0 Å². The maximum Gasteiger partial charge on any atom is 0.258 e. The lowest BCUT2D eigenvalue weighted by Crippen LogP contribution is -2.58. The first-order valence-electron chi connectivity index (χ1n) is 15.4. The second kappa shape index (κ2) is 14.2. The van der Waals surface area contributed by atoms with E-state index in [0.29, 0.717) is 67.3 Å². The Hall–Kier alpha value is -5.38. The molecule has 46 heavy (non-hydrogen) atoms. The van der Waals surface area contributed by atoms with Gasteiger partial charge in [-0.1, -0.05) is 30.3 Å². The normalized spacial score (nSPS) is 18.2. The number of nitrogens with one attached hydrogen (secondary N) is 2. The minimum Gasteiger partial charge on any atom is -0.496 e. The van der Waals surface area contributed by atoms with Gasteiger partial charge in [0.25, 0.3) is 11.8 Å². The molecule has 10 heteroatoms. The molecule has 3 aliphatic rings. The van der Waals surface area contributed by atoms with Gasteiger partial charge in [0.15, 0.2) is 6.61 Å². The molecule has 3 aromatic carbocycles. The van der Waals surface area contributed by atoms with Crippen molar-refractivity contribution in [2.24, 2.45) is 0 Å². The van der Waals surface area contributed by atoms with Crippen LogP contribution in [0.5, 0.6) is 17.2 Å². The highest BCUT2D eigenvalue weighted by atomic mass is 16.5. The van der Waals surface area contributed by atoms with E-state index in [0.717, 1.165) is 16.7 Å². The summed E-state index contributed by atoms with van der Waals surface area (Å²) in [6, 6.07) is 23.4. The number of carbonyl (C=O) groups is 3. The molecular formula is C36H36N4O6. The van der Waals surface area contributed by atoms with Crippen molar-refractivity contribution in [1.82, 2.24) is 20.5 Å². The molecule has 1 fully saturated rings. The highest BCUT2D eigenvalue weighted by molar-refractivity contribution is 5.96. The Bertz CT molecular complexity index is 1690. The number of piperidine rings is 1. The van der Waals surface area contributed by atoms with E-state index in [9.17, 15) is 14.4 Å². The summed E-state index contributed by atoms with van der Waals surface area (Å²) in [5, 5.41) is 6.05. The van der Waals surface area contributed by atoms with Crippen LogP contribution in [0.25, 0.3) is 11.1 Å². The van der Waals surface area contributed by atoms with Crippen LogP contribution in [0.4, 0.5) is 0 Å². The van der Waals surface area contributed by atoms with Crippen LogP contribution in [-0.2, 0) is 22.6 Å². The molecule has 236 valence electrons. The number of aromatic nitrogens is 1. The number of aryl methyl sites for hydroxylation is 1. The maximum atomic E-state index is 13.8. The van der Waals surface area contributed by atoms with E-state index < -0.39 is 6.04 Å². The molecule has 0 spiro atoms. The number of fused-ring (bicyclic) bond motifs is 7. The molecule has 0 aliphatic carbocycles. The first-order valence-corrected chi connectivity index (χ1v) is 15.4. The Labute approximate surface area is 267 Å². The van der Waals surface area contributed by atoms with E-state index >= 15 is 0 Å². The Kier molecular flexibility index (Phi) is 9.43. The highest BCUT2D eigenvalue weighted by Crippen LogP contribution is 2.33. The fourth-order valence-electron chi connectivity index (χ4n) is 5.73. The summed E-state index contributed by atoms with van der Waals surface area (Å²) in [6.07, 6.45) is 4.60. The van der Waals surface area contributed by atoms with Gasteiger partial charge in [-0.2, -0.15) is 0 Å². The molecule has 6 bridgehead atoms. The highest BCUT2D eigenvalue weighted by Gasteiger charge is 2.34. The Morgan fingerprint density at radius 1 is 1.00 bits per heavy atom. The second-order valence-electron chi connectivity index (χ2n) is 11.4. The number of carbonyl (C=O) groups excluding carboxylic acids is 3. The van der Waals surface area contributed by atoms with E-state index in [1.807, 2.05) is 54.6 Å². The zero-order chi connectivity index (χ0) is 31.9. The summed E-state index contributed by atoms with van der Waals surface area (Å²) in [5.41, 5.74) is 3.80. The molecule has 3 amide bonds. The van der Waals surface area contributed by atoms with Crippen LogP contribution in [0.3, 0.4) is 0 Å². The number of rotatable bonds is 4. The number of hydrogen-bond donors (Lipinski definition) is 2. The van der Waals surface area contributed by atoms with Gasteiger partial charge in [0.05, 0.1) is 13.2 Å². The van der Waals surface area contributed by atoms with Crippen LogP contribution in [0.1, 0.15) is 34.3 Å². The van der Waals surface area contributed by atoms with Crippen LogP contribution in [0.2, 0.25) is 0 Å². The average molecular weight is 621 g/mol. The van der Waals surface area contributed by atoms with Crippen LogP contribution < -0.4 is 24.8 Å². The third kappa shape index (κ3) is 7.46. The molecule has 0 radical (unpaired) electrons. The average Bonchev–Trinajstić information content (AvgIpc) is 3.10. The quantitative estimate of drug-likeness (QED) is 0.352. The molecule has 2 atom stereocenters. The van der Waals surface area contributed by atoms with E-state index in [2.05, 4.69) is 15.6 Å². The van der Waals surface area contributed by atoms with Gasteiger partial charge in [0, 0.05) is 56.0 Å². The molecule has 1 saturated heterocycles. The SMILES string of the molecule is COc1ccc2cc1-c1cccc(c1)OCC(=O)NCc1ccc(cc1)O[C@@H]1CCN(C(=O)CCc3cccnc3)C[C@H]1NC2=O. The lowest BCUT2D eigenvalue weighted by atomic mass is 9.98. The van der Waals surface area contributed by atoms with Crippen molar-refractivity contribution < 1.29 is 28.6 Å². The predicted molar refractivity (Wildman–Crippen MR) is 172 cm³/mol. The van der Waals surface area contributed by atoms with Gasteiger partial charge in [-0.05, 0) is 71.6 Å². The molecule has 4 heterocycles. The Morgan fingerprint density at radius 2 is 1.87 bits per heavy atom. The van der Waals surface area contributed by atoms with Crippen molar-refractivity contribution in [1.29, 1.82) is 0 Å². The Morgan fingerprint density at radius 3 is 2.67 bits per heavy atom. The molecule has 2 N–H and O–H groups in total. The summed E-state index contributed by atoms with van der Waals surface area (Å²) in [6.45, 7) is 1.02. The third-order valence-corrected chi connectivity index (χ3v) is 8.25. The fourth-order valence-corrected chi connectivity index (χ4v) is 5.73. The predicted octanol–water partition coefficient (Wildman–Crippen LogP) is 4.18. The standard InChI is InChI=1S/C36H36N4O6/c1-44-32-13-10-27-19-30(32)26-5-2-6-29(18-26)45-23-34(41)38-21-25-7-11-28(12-8-25)46-33-15-17-40(22-31(33)39-36(27)43)35(42)14-9-24-4-3-16-37-20-24/h2-8,10-13,16,18-20,31,33H,9,14-15,17,21-23H2,1H3,(H,38,41)(H,39,43)/t31-,33-/m1/s1. The lowest BCUT2D eigenvalue weighted by molar-refractivity contribution is -0.133. The van der Waals surface area contributed by atoms with Gasteiger partial charge in [0.1, 0.15) is 23.4 Å². The number of hydrogen-bond acceptors (Lipinski definition) is 7. The number of amides is 3. The van der Waals surface area contributed by atoms with Crippen LogP contribution in [-0.4, -0.2) is 66.6 Å². The summed E-state index contributed by atoms with van der Waals surface area (Å²) in [7, 11) is 1.57. The van der Waals surface area contributed by atoms with E-state index in [-0.39, 0.29) is 30.4 Å². The van der Waals surface area contributed by atoms with Crippen molar-refractivity contribution in [2.45, 2.75) is 38.0 Å². The first kappa shape index (κ1) is 30.6. The van der Waals surface area contributed by atoms with Crippen molar-refractivity contribution in [3.05, 3.63) is 108 Å². The van der Waals surface area contributed by atoms with E-state index in [1.165, 1.54) is 0 Å². The zero-order valence-corrected chi connectivity index (χ0v) is 25.6. The van der Waals surface area contributed by atoms with Gasteiger partial charge < -0.3 is 29.7 Å². The van der Waals surface area contributed by atoms with E-state index in [4.69, 9.17) is 14.2 Å². The number of ether oxygens (including phenoxy) is 3. The zero-order valence-electron chi connectivity index (χ0n) is 25.6. The summed E-state index contributed by atoms with van der Waals surface area (Å²) in [4.78, 5) is 45.6. The molecular weight excluding hydrogens is 584 g/mol. The van der Waals surface area contributed by atoms with Crippen LogP contribution >= 0.6 is 0 Å². The molecule has 0 saturated carbocycles. The molecule has 1 aromatic heterocycles. The molecule has 3 aliphatic heterocycles. The second-order valence-corrected chi connectivity index (χ2v) is 11.4. The largest absolute Gasteiger partial charge is 0.496 e. The van der Waals surface area contributed by atoms with Gasteiger partial charge in [0.2, 0.25) is 5.91 Å². The number of pyridine rings is 1. The molecule has 0 unspecified atom stereocenters. The Balaban J connectivity index is 1.28. The van der Waals surface area contributed by atoms with Crippen LogP contribution in [0.15, 0.2) is 91.3 Å². The minimum atomic E-state index is -0.463. The topological polar surface area (TPSA) is 119 Å². The lowest BCUT2D eigenvalue weighted by Gasteiger charge is -2.39. The summed E-state index contributed by atoms with van der Waals surface area (Å²) < 4.78 is 17.8. The smallest absolute Gasteiger partial charge is 0.258 e. The first-order chi connectivity index (χ1) is 22.4. The third-order valence-electron chi connectivity index (χ3n) is 8.25. The van der Waals surface area contributed by atoms with Gasteiger partial charge in [-0.15, -0.1) is 0 Å². The van der Waals surface area contributed by atoms with Crippen LogP contribution in [0, 0.1) is 0 Å².